The highest BCUT2D eigenvalue weighted by Crippen LogP contribution is 2.46. The summed E-state index contributed by atoms with van der Waals surface area (Å²) in [7, 11) is 1.66. The Morgan fingerprint density at radius 2 is 1.85 bits per heavy atom. The molecule has 2 aliphatic rings. The molecule has 0 atom stereocenters. The van der Waals surface area contributed by atoms with Crippen LogP contribution in [0.5, 0.6) is 11.5 Å². The Morgan fingerprint density at radius 1 is 1.09 bits per heavy atom. The van der Waals surface area contributed by atoms with Crippen molar-refractivity contribution in [3.05, 3.63) is 76.6 Å². The van der Waals surface area contributed by atoms with E-state index in [1.807, 2.05) is 47.4 Å². The van der Waals surface area contributed by atoms with Crippen molar-refractivity contribution in [3.63, 3.8) is 0 Å². The molecule has 0 N–H and O–H groups in total. The molecule has 0 saturated carbocycles. The minimum absolute atomic E-state index is 0.0262. The molecule has 172 valence electrons. The molecule has 2 aliphatic heterocycles. The van der Waals surface area contributed by atoms with Crippen LogP contribution in [0.3, 0.4) is 0 Å². The summed E-state index contributed by atoms with van der Waals surface area (Å²) in [5, 5.41) is 0.653. The summed E-state index contributed by atoms with van der Waals surface area (Å²) in [6.07, 6.45) is 3.49. The van der Waals surface area contributed by atoms with Gasteiger partial charge in [-0.1, -0.05) is 38.4 Å². The number of ether oxygens (including phenoxy) is 2. The summed E-state index contributed by atoms with van der Waals surface area (Å²) in [6.45, 7) is 7.65. The lowest BCUT2D eigenvalue weighted by atomic mass is 9.85. The first-order valence-corrected chi connectivity index (χ1v) is 11.7. The van der Waals surface area contributed by atoms with Crippen LogP contribution >= 0.6 is 11.6 Å². The molecule has 0 radical (unpaired) electrons. The van der Waals surface area contributed by atoms with Crippen molar-refractivity contribution in [1.82, 2.24) is 9.47 Å². The predicted octanol–water partition coefficient (Wildman–Crippen LogP) is 5.96. The summed E-state index contributed by atoms with van der Waals surface area (Å²) in [4.78, 5) is 15.3. The third-order valence-electron chi connectivity index (χ3n) is 6.82. The number of methoxy groups -OCH3 is 1. The van der Waals surface area contributed by atoms with Gasteiger partial charge in [0.05, 0.1) is 18.5 Å². The average Bonchev–Trinajstić information content (AvgIpc) is 3.29. The van der Waals surface area contributed by atoms with E-state index in [4.69, 9.17) is 21.1 Å². The number of hydrogen-bond acceptors (Lipinski definition) is 3. The molecular formula is C27H29ClN2O3. The van der Waals surface area contributed by atoms with Gasteiger partial charge in [-0.05, 0) is 47.4 Å². The van der Waals surface area contributed by atoms with E-state index in [9.17, 15) is 4.79 Å². The van der Waals surface area contributed by atoms with Gasteiger partial charge >= 0.3 is 0 Å². The number of carbonyl (C=O) groups is 1. The van der Waals surface area contributed by atoms with Crippen LogP contribution in [0.1, 0.15) is 55.2 Å². The van der Waals surface area contributed by atoms with Crippen molar-refractivity contribution in [2.24, 2.45) is 0 Å². The lowest BCUT2D eigenvalue weighted by Gasteiger charge is -2.45. The summed E-state index contributed by atoms with van der Waals surface area (Å²) in [5.41, 5.74) is 3.34. The Morgan fingerprint density at radius 3 is 2.55 bits per heavy atom. The van der Waals surface area contributed by atoms with Gasteiger partial charge in [-0.25, -0.2) is 0 Å². The molecule has 3 heterocycles. The van der Waals surface area contributed by atoms with Crippen LogP contribution in [0, 0.1) is 0 Å². The van der Waals surface area contributed by atoms with E-state index in [0.717, 1.165) is 28.4 Å². The highest BCUT2D eigenvalue weighted by Gasteiger charge is 2.44. The summed E-state index contributed by atoms with van der Waals surface area (Å²) < 4.78 is 14.4. The fourth-order valence-corrected chi connectivity index (χ4v) is 5.21. The largest absolute Gasteiger partial charge is 0.496 e. The summed E-state index contributed by atoms with van der Waals surface area (Å²) in [5.74, 6) is 1.57. The minimum Gasteiger partial charge on any atom is -0.496 e. The Labute approximate surface area is 199 Å². The molecule has 6 heteroatoms. The Hall–Kier alpha value is -2.92. The van der Waals surface area contributed by atoms with Crippen LogP contribution in [0.4, 0.5) is 0 Å². The fourth-order valence-electron chi connectivity index (χ4n) is 5.05. The maximum absolute atomic E-state index is 13.3. The zero-order valence-corrected chi connectivity index (χ0v) is 20.3. The number of hydrogen-bond donors (Lipinski definition) is 0. The normalized spacial score (nSPS) is 16.7. The highest BCUT2D eigenvalue weighted by molar-refractivity contribution is 6.30. The molecule has 5 nitrogen and oxygen atoms in total. The first-order valence-electron chi connectivity index (χ1n) is 11.4. The molecule has 33 heavy (non-hydrogen) atoms. The second kappa shape index (κ2) is 7.84. The molecule has 1 fully saturated rings. The number of likely N-dealkylation sites (tertiary alicyclic amines) is 1. The third kappa shape index (κ3) is 3.68. The van der Waals surface area contributed by atoms with Gasteiger partial charge in [0.25, 0.3) is 5.91 Å². The van der Waals surface area contributed by atoms with Crippen LogP contribution in [0.25, 0.3) is 5.69 Å². The minimum atomic E-state index is -0.467. The second-order valence-electron chi connectivity index (χ2n) is 9.93. The number of nitrogens with zero attached hydrogens (tertiary/aromatic N) is 2. The topological polar surface area (TPSA) is 43.7 Å². The van der Waals surface area contributed by atoms with E-state index in [-0.39, 0.29) is 11.3 Å². The quantitative estimate of drug-likeness (QED) is 0.470. The monoisotopic (exact) mass is 464 g/mol. The van der Waals surface area contributed by atoms with E-state index >= 15 is 0 Å². The predicted molar refractivity (Wildman–Crippen MR) is 130 cm³/mol. The maximum atomic E-state index is 13.3. The number of benzene rings is 2. The molecule has 3 aromatic rings. The standard InChI is InChI=1S/C27H29ClN2O3/c1-26(2,3)20-9-7-18(16-22(20)32-4)25(31)29-14-11-27(12-15-29)24-6-5-13-30(24)21-10-8-19(28)17-23(21)33-27/h5-10,13,16-17H,11-12,14-15H2,1-4H3. The maximum Gasteiger partial charge on any atom is 0.253 e. The number of amides is 1. The van der Waals surface area contributed by atoms with Gasteiger partial charge in [0, 0.05) is 48.8 Å². The van der Waals surface area contributed by atoms with Crippen LogP contribution in [-0.2, 0) is 11.0 Å². The number of carbonyl (C=O) groups excluding carboxylic acids is 1. The molecule has 5 rings (SSSR count). The second-order valence-corrected chi connectivity index (χ2v) is 10.4. The van der Waals surface area contributed by atoms with E-state index in [1.54, 1.807) is 7.11 Å². The molecule has 0 bridgehead atoms. The zero-order chi connectivity index (χ0) is 23.4. The zero-order valence-electron chi connectivity index (χ0n) is 19.5. The molecule has 0 aliphatic carbocycles. The number of fused-ring (bicyclic) bond motifs is 4. The molecule has 1 aromatic heterocycles. The third-order valence-corrected chi connectivity index (χ3v) is 7.05. The first kappa shape index (κ1) is 21.9. The molecule has 0 unspecified atom stereocenters. The molecular weight excluding hydrogens is 436 g/mol. The van der Waals surface area contributed by atoms with Crippen molar-refractivity contribution in [3.8, 4) is 17.2 Å². The van der Waals surface area contributed by atoms with Crippen LogP contribution in [0.15, 0.2) is 54.7 Å². The van der Waals surface area contributed by atoms with E-state index in [0.29, 0.717) is 36.5 Å². The lowest BCUT2D eigenvalue weighted by Crippen LogP contribution is -2.50. The SMILES string of the molecule is COc1cc(C(=O)N2CCC3(CC2)Oc2cc(Cl)ccc2-n2cccc23)ccc1C(C)(C)C. The number of aromatic nitrogens is 1. The molecule has 1 saturated heterocycles. The smallest absolute Gasteiger partial charge is 0.253 e. The molecule has 1 amide bonds. The number of halogens is 1. The van der Waals surface area contributed by atoms with Crippen LogP contribution in [-0.4, -0.2) is 35.6 Å². The average molecular weight is 465 g/mol. The Kier molecular flexibility index (Phi) is 5.20. The van der Waals surface area contributed by atoms with Crippen molar-refractivity contribution >= 4 is 17.5 Å². The Bertz CT molecular complexity index is 1220. The van der Waals surface area contributed by atoms with E-state index < -0.39 is 5.60 Å². The number of rotatable bonds is 2. The fraction of sp³-hybridized carbons (Fsp3) is 0.370. The Balaban J connectivity index is 1.38. The van der Waals surface area contributed by atoms with Gasteiger partial charge in [0.1, 0.15) is 11.5 Å². The van der Waals surface area contributed by atoms with Crippen molar-refractivity contribution in [2.75, 3.05) is 20.2 Å². The van der Waals surface area contributed by atoms with E-state index in [2.05, 4.69) is 37.6 Å². The summed E-state index contributed by atoms with van der Waals surface area (Å²) in [6, 6.07) is 15.7. The highest BCUT2D eigenvalue weighted by atomic mass is 35.5. The number of piperidine rings is 1. The van der Waals surface area contributed by atoms with Crippen LogP contribution < -0.4 is 9.47 Å². The van der Waals surface area contributed by atoms with Gasteiger partial charge in [-0.2, -0.15) is 0 Å². The van der Waals surface area contributed by atoms with Gasteiger partial charge in [0.15, 0.2) is 5.60 Å². The van der Waals surface area contributed by atoms with Gasteiger partial charge in [-0.15, -0.1) is 0 Å². The van der Waals surface area contributed by atoms with E-state index in [1.165, 1.54) is 0 Å². The van der Waals surface area contributed by atoms with Crippen molar-refractivity contribution in [1.29, 1.82) is 0 Å². The van der Waals surface area contributed by atoms with Gasteiger partial charge in [-0.3, -0.25) is 4.79 Å². The molecule has 2 aromatic carbocycles. The van der Waals surface area contributed by atoms with Gasteiger partial charge in [0.2, 0.25) is 0 Å². The molecule has 1 spiro atoms. The summed E-state index contributed by atoms with van der Waals surface area (Å²) >= 11 is 6.25. The first-order chi connectivity index (χ1) is 15.7. The van der Waals surface area contributed by atoms with Crippen molar-refractivity contribution < 1.29 is 14.3 Å². The van der Waals surface area contributed by atoms with Crippen molar-refractivity contribution in [2.45, 2.75) is 44.6 Å². The van der Waals surface area contributed by atoms with Gasteiger partial charge < -0.3 is 18.9 Å². The van der Waals surface area contributed by atoms with Crippen LogP contribution in [0.2, 0.25) is 5.02 Å². The lowest BCUT2D eigenvalue weighted by molar-refractivity contribution is -0.00931.